The Kier molecular flexibility index (Phi) is 4.71. The molecular weight excluding hydrogens is 255 g/mol. The number of benzene rings is 2. The van der Waals surface area contributed by atoms with Gasteiger partial charge in [-0.05, 0) is 42.7 Å². The van der Waals surface area contributed by atoms with Gasteiger partial charge in [0.05, 0.1) is 0 Å². The van der Waals surface area contributed by atoms with Gasteiger partial charge >= 0.3 is 6.03 Å². The van der Waals surface area contributed by atoms with Crippen LogP contribution in [0.15, 0.2) is 48.5 Å². The molecule has 104 valence electrons. The summed E-state index contributed by atoms with van der Waals surface area (Å²) in [5.41, 5.74) is 2.26. The zero-order valence-corrected chi connectivity index (χ0v) is 11.3. The molecule has 0 aliphatic heterocycles. The van der Waals surface area contributed by atoms with E-state index in [9.17, 15) is 9.18 Å². The molecule has 4 heteroatoms. The van der Waals surface area contributed by atoms with Crippen LogP contribution in [-0.4, -0.2) is 12.6 Å². The zero-order chi connectivity index (χ0) is 14.4. The van der Waals surface area contributed by atoms with Crippen LogP contribution in [0.3, 0.4) is 0 Å². The number of anilines is 1. The van der Waals surface area contributed by atoms with Crippen LogP contribution in [0.25, 0.3) is 0 Å². The Hall–Kier alpha value is -2.36. The second-order valence-corrected chi connectivity index (χ2v) is 4.58. The molecule has 2 rings (SSSR count). The van der Waals surface area contributed by atoms with Crippen molar-refractivity contribution in [3.8, 4) is 0 Å². The number of hydrogen-bond donors (Lipinski definition) is 2. The minimum atomic E-state index is -0.285. The summed E-state index contributed by atoms with van der Waals surface area (Å²) in [5, 5.41) is 5.45. The van der Waals surface area contributed by atoms with Crippen molar-refractivity contribution in [2.24, 2.45) is 0 Å². The number of rotatable bonds is 4. The first-order chi connectivity index (χ1) is 9.65. The third-order valence-corrected chi connectivity index (χ3v) is 2.96. The van der Waals surface area contributed by atoms with Gasteiger partial charge in [0.25, 0.3) is 0 Å². The average Bonchev–Trinajstić information content (AvgIpc) is 2.44. The fraction of sp³-hybridized carbons (Fsp3) is 0.188. The van der Waals surface area contributed by atoms with E-state index in [2.05, 4.69) is 10.6 Å². The van der Waals surface area contributed by atoms with Gasteiger partial charge in [-0.15, -0.1) is 0 Å². The molecule has 0 spiro atoms. The van der Waals surface area contributed by atoms with Crippen molar-refractivity contribution < 1.29 is 9.18 Å². The fourth-order valence-electron chi connectivity index (χ4n) is 1.86. The summed E-state index contributed by atoms with van der Waals surface area (Å²) in [6.07, 6.45) is 0.775. The number of carbonyl (C=O) groups is 1. The fourth-order valence-corrected chi connectivity index (χ4v) is 1.86. The zero-order valence-electron chi connectivity index (χ0n) is 11.3. The predicted molar refractivity (Wildman–Crippen MR) is 78.3 cm³/mol. The Bertz CT molecular complexity index is 584. The molecule has 0 aliphatic carbocycles. The van der Waals surface area contributed by atoms with Gasteiger partial charge in [0.15, 0.2) is 0 Å². The molecule has 2 amide bonds. The van der Waals surface area contributed by atoms with Crippen LogP contribution in [0.2, 0.25) is 0 Å². The summed E-state index contributed by atoms with van der Waals surface area (Å²) in [6, 6.07) is 14.1. The Morgan fingerprint density at radius 2 is 1.90 bits per heavy atom. The van der Waals surface area contributed by atoms with E-state index in [0.29, 0.717) is 17.8 Å². The van der Waals surface area contributed by atoms with Crippen LogP contribution in [0, 0.1) is 12.7 Å². The molecule has 0 saturated carbocycles. The number of nitrogens with one attached hydrogen (secondary N) is 2. The van der Waals surface area contributed by atoms with Crippen LogP contribution < -0.4 is 10.6 Å². The van der Waals surface area contributed by atoms with E-state index in [0.717, 1.165) is 6.42 Å². The molecule has 0 fully saturated rings. The lowest BCUT2D eigenvalue weighted by atomic mass is 10.1. The van der Waals surface area contributed by atoms with Crippen molar-refractivity contribution >= 4 is 11.7 Å². The topological polar surface area (TPSA) is 41.1 Å². The van der Waals surface area contributed by atoms with Gasteiger partial charge in [0.1, 0.15) is 5.82 Å². The average molecular weight is 272 g/mol. The normalized spacial score (nSPS) is 10.1. The Balaban J connectivity index is 1.79. The van der Waals surface area contributed by atoms with Crippen LogP contribution in [0.1, 0.15) is 11.1 Å². The summed E-state index contributed by atoms with van der Waals surface area (Å²) in [7, 11) is 0. The number of urea groups is 1. The summed E-state index contributed by atoms with van der Waals surface area (Å²) < 4.78 is 13.1. The molecule has 0 saturated heterocycles. The highest BCUT2D eigenvalue weighted by Crippen LogP contribution is 2.13. The van der Waals surface area contributed by atoms with E-state index in [1.165, 1.54) is 11.6 Å². The van der Waals surface area contributed by atoms with E-state index in [1.54, 1.807) is 19.1 Å². The summed E-state index contributed by atoms with van der Waals surface area (Å²) in [6.45, 7) is 2.21. The number of hydrogen-bond acceptors (Lipinski definition) is 1. The number of amides is 2. The molecule has 0 bridgehead atoms. The van der Waals surface area contributed by atoms with Gasteiger partial charge in [0, 0.05) is 12.2 Å². The molecule has 0 atom stereocenters. The quantitative estimate of drug-likeness (QED) is 0.878. The summed E-state index contributed by atoms with van der Waals surface area (Å²) in [5.74, 6) is -0.278. The number of carbonyl (C=O) groups excluding carboxylic acids is 1. The Morgan fingerprint density at radius 3 is 2.60 bits per heavy atom. The van der Waals surface area contributed by atoms with E-state index < -0.39 is 0 Å². The molecule has 2 N–H and O–H groups in total. The molecule has 0 heterocycles. The highest BCUT2D eigenvalue weighted by Gasteiger charge is 2.03. The van der Waals surface area contributed by atoms with Crippen LogP contribution in [0.5, 0.6) is 0 Å². The van der Waals surface area contributed by atoms with Gasteiger partial charge in [-0.2, -0.15) is 0 Å². The van der Waals surface area contributed by atoms with Gasteiger partial charge in [0.2, 0.25) is 0 Å². The highest BCUT2D eigenvalue weighted by molar-refractivity contribution is 5.89. The minimum absolute atomic E-state index is 0.278. The van der Waals surface area contributed by atoms with Crippen molar-refractivity contribution in [2.45, 2.75) is 13.3 Å². The van der Waals surface area contributed by atoms with Crippen LogP contribution in [-0.2, 0) is 6.42 Å². The predicted octanol–water partition coefficient (Wildman–Crippen LogP) is 3.50. The Morgan fingerprint density at radius 1 is 1.15 bits per heavy atom. The molecular formula is C16H17FN2O. The lowest BCUT2D eigenvalue weighted by Crippen LogP contribution is -2.30. The lowest BCUT2D eigenvalue weighted by molar-refractivity contribution is 0.252. The molecule has 0 aliphatic rings. The van der Waals surface area contributed by atoms with Crippen molar-refractivity contribution in [1.29, 1.82) is 0 Å². The molecule has 0 unspecified atom stereocenters. The SMILES string of the molecule is Cc1cc(NC(=O)NCCc2ccccc2)ccc1F. The lowest BCUT2D eigenvalue weighted by Gasteiger charge is -2.08. The first kappa shape index (κ1) is 14.1. The Labute approximate surface area is 117 Å². The van der Waals surface area contributed by atoms with E-state index in [4.69, 9.17) is 0 Å². The standard InChI is InChI=1S/C16H17FN2O/c1-12-11-14(7-8-15(12)17)19-16(20)18-10-9-13-5-3-2-4-6-13/h2-8,11H,9-10H2,1H3,(H2,18,19,20). The second-order valence-electron chi connectivity index (χ2n) is 4.58. The van der Waals surface area contributed by atoms with Crippen molar-refractivity contribution in [3.05, 3.63) is 65.5 Å². The third-order valence-electron chi connectivity index (χ3n) is 2.96. The van der Waals surface area contributed by atoms with E-state index in [-0.39, 0.29) is 11.8 Å². The van der Waals surface area contributed by atoms with Crippen molar-refractivity contribution in [1.82, 2.24) is 5.32 Å². The summed E-state index contributed by atoms with van der Waals surface area (Å²) >= 11 is 0. The molecule has 0 radical (unpaired) electrons. The van der Waals surface area contributed by atoms with Crippen LogP contribution in [0.4, 0.5) is 14.9 Å². The number of halogens is 1. The third kappa shape index (κ3) is 4.09. The van der Waals surface area contributed by atoms with E-state index >= 15 is 0 Å². The molecule has 2 aromatic carbocycles. The van der Waals surface area contributed by atoms with Gasteiger partial charge in [-0.25, -0.2) is 9.18 Å². The highest BCUT2D eigenvalue weighted by atomic mass is 19.1. The maximum atomic E-state index is 13.1. The smallest absolute Gasteiger partial charge is 0.319 e. The molecule has 3 nitrogen and oxygen atoms in total. The van der Waals surface area contributed by atoms with Gasteiger partial charge in [-0.3, -0.25) is 0 Å². The minimum Gasteiger partial charge on any atom is -0.338 e. The molecule has 2 aromatic rings. The second kappa shape index (κ2) is 6.70. The van der Waals surface area contributed by atoms with Crippen LogP contribution >= 0.6 is 0 Å². The largest absolute Gasteiger partial charge is 0.338 e. The molecule has 0 aromatic heterocycles. The molecule has 20 heavy (non-hydrogen) atoms. The first-order valence-corrected chi connectivity index (χ1v) is 6.50. The first-order valence-electron chi connectivity index (χ1n) is 6.50. The maximum absolute atomic E-state index is 13.1. The maximum Gasteiger partial charge on any atom is 0.319 e. The van der Waals surface area contributed by atoms with Gasteiger partial charge < -0.3 is 10.6 Å². The summed E-state index contributed by atoms with van der Waals surface area (Å²) in [4.78, 5) is 11.7. The number of aryl methyl sites for hydroxylation is 1. The van der Waals surface area contributed by atoms with Gasteiger partial charge in [-0.1, -0.05) is 30.3 Å². The van der Waals surface area contributed by atoms with E-state index in [1.807, 2.05) is 30.3 Å². The monoisotopic (exact) mass is 272 g/mol. The van der Waals surface area contributed by atoms with Crippen molar-refractivity contribution in [3.63, 3.8) is 0 Å². The van der Waals surface area contributed by atoms with Crippen molar-refractivity contribution in [2.75, 3.05) is 11.9 Å².